The molecule has 0 heterocycles. The molecular formula is C12H16ClN3O3S. The minimum atomic E-state index is -3.73. The predicted octanol–water partition coefficient (Wildman–Crippen LogP) is 0.727. The highest BCUT2D eigenvalue weighted by molar-refractivity contribution is 7.89. The first-order chi connectivity index (χ1) is 9.40. The van der Waals surface area contributed by atoms with Crippen LogP contribution in [-0.2, 0) is 14.8 Å². The van der Waals surface area contributed by atoms with E-state index in [9.17, 15) is 13.2 Å². The first-order valence-corrected chi connectivity index (χ1v) is 8.08. The molecule has 0 saturated heterocycles. The van der Waals surface area contributed by atoms with E-state index in [1.54, 1.807) is 0 Å². The molecule has 1 amide bonds. The van der Waals surface area contributed by atoms with Crippen LogP contribution in [0.3, 0.4) is 0 Å². The van der Waals surface area contributed by atoms with Gasteiger partial charge in [0, 0.05) is 24.7 Å². The number of hydrogen-bond donors (Lipinski definition) is 3. The summed E-state index contributed by atoms with van der Waals surface area (Å²) in [4.78, 5) is 11.3. The van der Waals surface area contributed by atoms with Crippen LogP contribution in [0.5, 0.6) is 0 Å². The average Bonchev–Trinajstić information content (AvgIpc) is 3.21. The fraction of sp³-hybridized carbons (Fsp3) is 0.417. The molecule has 1 fully saturated rings. The summed E-state index contributed by atoms with van der Waals surface area (Å²) >= 11 is 5.85. The van der Waals surface area contributed by atoms with Crippen LogP contribution in [-0.4, -0.2) is 27.4 Å². The van der Waals surface area contributed by atoms with E-state index >= 15 is 0 Å². The number of carbonyl (C=O) groups excluding carboxylic acids is 1. The lowest BCUT2D eigenvalue weighted by atomic mass is 10.3. The second-order valence-electron chi connectivity index (χ2n) is 4.65. The number of rotatable bonds is 6. The van der Waals surface area contributed by atoms with Crippen LogP contribution in [0.15, 0.2) is 23.1 Å². The van der Waals surface area contributed by atoms with Gasteiger partial charge in [0.25, 0.3) is 0 Å². The highest BCUT2D eigenvalue weighted by Crippen LogP contribution is 2.28. The lowest BCUT2D eigenvalue weighted by Gasteiger charge is -2.09. The largest absolute Gasteiger partial charge is 0.399 e. The molecule has 20 heavy (non-hydrogen) atoms. The smallest absolute Gasteiger partial charge is 0.242 e. The molecule has 0 spiro atoms. The summed E-state index contributed by atoms with van der Waals surface area (Å²) in [6, 6.07) is 4.25. The summed E-state index contributed by atoms with van der Waals surface area (Å²) < 4.78 is 26.4. The van der Waals surface area contributed by atoms with Gasteiger partial charge in [0.2, 0.25) is 15.9 Å². The zero-order valence-corrected chi connectivity index (χ0v) is 12.3. The number of hydrogen-bond acceptors (Lipinski definition) is 4. The fourth-order valence-electron chi connectivity index (χ4n) is 1.66. The summed E-state index contributed by atoms with van der Waals surface area (Å²) in [7, 11) is -3.73. The van der Waals surface area contributed by atoms with Crippen molar-refractivity contribution >= 4 is 33.2 Å². The van der Waals surface area contributed by atoms with Gasteiger partial charge in [0.15, 0.2) is 0 Å². The van der Waals surface area contributed by atoms with Crippen molar-refractivity contribution in [3.8, 4) is 0 Å². The van der Waals surface area contributed by atoms with Gasteiger partial charge in [0.05, 0.1) is 5.02 Å². The molecule has 1 aromatic rings. The van der Waals surface area contributed by atoms with Gasteiger partial charge in [-0.25, -0.2) is 13.1 Å². The lowest BCUT2D eigenvalue weighted by molar-refractivity contribution is -0.122. The average molecular weight is 318 g/mol. The highest BCUT2D eigenvalue weighted by Gasteiger charge is 2.29. The SMILES string of the molecule is Nc1ccc(Cl)c(S(=O)(=O)NCCNC(=O)C2CC2)c1. The molecule has 0 atom stereocenters. The Morgan fingerprint density at radius 1 is 1.35 bits per heavy atom. The van der Waals surface area contributed by atoms with E-state index in [1.807, 2.05) is 0 Å². The van der Waals surface area contributed by atoms with Crippen LogP contribution in [0.2, 0.25) is 5.02 Å². The van der Waals surface area contributed by atoms with Crippen molar-refractivity contribution in [3.63, 3.8) is 0 Å². The number of carbonyl (C=O) groups is 1. The van der Waals surface area contributed by atoms with Crippen molar-refractivity contribution in [1.82, 2.24) is 10.0 Å². The zero-order valence-electron chi connectivity index (χ0n) is 10.7. The lowest BCUT2D eigenvalue weighted by Crippen LogP contribution is -2.35. The number of benzene rings is 1. The molecule has 0 unspecified atom stereocenters. The maximum atomic E-state index is 12.0. The Kier molecular flexibility index (Phi) is 4.52. The molecular weight excluding hydrogens is 302 g/mol. The normalized spacial score (nSPS) is 15.1. The van der Waals surface area contributed by atoms with Gasteiger partial charge in [-0.05, 0) is 31.0 Å². The number of amides is 1. The molecule has 4 N–H and O–H groups in total. The Balaban J connectivity index is 1.90. The molecule has 1 saturated carbocycles. The third-order valence-corrected chi connectivity index (χ3v) is 4.85. The second kappa shape index (κ2) is 5.99. The van der Waals surface area contributed by atoms with E-state index in [-0.39, 0.29) is 34.8 Å². The first kappa shape index (κ1) is 15.1. The van der Waals surface area contributed by atoms with Crippen LogP contribution in [0, 0.1) is 5.92 Å². The third-order valence-electron chi connectivity index (χ3n) is 2.91. The molecule has 6 nitrogen and oxygen atoms in total. The quantitative estimate of drug-likeness (QED) is 0.531. The number of anilines is 1. The van der Waals surface area contributed by atoms with E-state index in [0.717, 1.165) is 12.8 Å². The summed E-state index contributed by atoms with van der Waals surface area (Å²) in [5.74, 6) is 0.0844. The Labute approximate surface area is 122 Å². The van der Waals surface area contributed by atoms with E-state index in [2.05, 4.69) is 10.0 Å². The summed E-state index contributed by atoms with van der Waals surface area (Å²) in [6.45, 7) is 0.348. The monoisotopic (exact) mass is 317 g/mol. The maximum absolute atomic E-state index is 12.0. The highest BCUT2D eigenvalue weighted by atomic mass is 35.5. The molecule has 1 aliphatic rings. The number of nitrogen functional groups attached to an aromatic ring is 1. The van der Waals surface area contributed by atoms with E-state index in [0.29, 0.717) is 5.69 Å². The van der Waals surface area contributed by atoms with Crippen molar-refractivity contribution < 1.29 is 13.2 Å². The molecule has 0 aliphatic heterocycles. The van der Waals surface area contributed by atoms with Crippen LogP contribution in [0.25, 0.3) is 0 Å². The molecule has 1 aliphatic carbocycles. The van der Waals surface area contributed by atoms with Gasteiger partial charge in [-0.3, -0.25) is 4.79 Å². The Morgan fingerprint density at radius 3 is 2.70 bits per heavy atom. The molecule has 0 aromatic heterocycles. The van der Waals surface area contributed by atoms with Crippen LogP contribution in [0.1, 0.15) is 12.8 Å². The van der Waals surface area contributed by atoms with Crippen LogP contribution in [0.4, 0.5) is 5.69 Å². The maximum Gasteiger partial charge on any atom is 0.242 e. The zero-order chi connectivity index (χ0) is 14.8. The van der Waals surface area contributed by atoms with Crippen LogP contribution >= 0.6 is 11.6 Å². The minimum absolute atomic E-state index is 0.0221. The van der Waals surface area contributed by atoms with Crippen LogP contribution < -0.4 is 15.8 Å². The number of nitrogens with two attached hydrogens (primary N) is 1. The van der Waals surface area contributed by atoms with Gasteiger partial charge in [0.1, 0.15) is 4.90 Å². The summed E-state index contributed by atoms with van der Waals surface area (Å²) in [6.07, 6.45) is 1.83. The number of sulfonamides is 1. The Morgan fingerprint density at radius 2 is 2.05 bits per heavy atom. The van der Waals surface area contributed by atoms with Gasteiger partial charge in [-0.15, -0.1) is 0 Å². The van der Waals surface area contributed by atoms with Gasteiger partial charge in [-0.1, -0.05) is 11.6 Å². The first-order valence-electron chi connectivity index (χ1n) is 6.22. The molecule has 2 rings (SSSR count). The van der Waals surface area contributed by atoms with Crippen molar-refractivity contribution in [3.05, 3.63) is 23.2 Å². The third kappa shape index (κ3) is 3.84. The topological polar surface area (TPSA) is 101 Å². The summed E-state index contributed by atoms with van der Waals surface area (Å²) in [5, 5.41) is 2.78. The Hall–Kier alpha value is -1.31. The molecule has 8 heteroatoms. The van der Waals surface area contributed by atoms with E-state index < -0.39 is 10.0 Å². The van der Waals surface area contributed by atoms with E-state index in [4.69, 9.17) is 17.3 Å². The number of nitrogens with one attached hydrogen (secondary N) is 2. The van der Waals surface area contributed by atoms with Crippen molar-refractivity contribution in [2.45, 2.75) is 17.7 Å². The predicted molar refractivity (Wildman–Crippen MR) is 76.8 cm³/mol. The summed E-state index contributed by atoms with van der Waals surface area (Å²) in [5.41, 5.74) is 5.87. The second-order valence-corrected chi connectivity index (χ2v) is 6.80. The molecule has 110 valence electrons. The molecule has 1 aromatic carbocycles. The van der Waals surface area contributed by atoms with Gasteiger partial charge < -0.3 is 11.1 Å². The van der Waals surface area contributed by atoms with Crippen molar-refractivity contribution in [2.75, 3.05) is 18.8 Å². The van der Waals surface area contributed by atoms with Crippen molar-refractivity contribution in [1.29, 1.82) is 0 Å². The fourth-order valence-corrected chi connectivity index (χ4v) is 3.23. The minimum Gasteiger partial charge on any atom is -0.399 e. The standard InChI is InChI=1S/C12H16ClN3O3S/c13-10-4-3-9(14)7-11(10)20(18,19)16-6-5-15-12(17)8-1-2-8/h3-4,7-8,16H,1-2,5-6,14H2,(H,15,17). The Bertz CT molecular complexity index is 614. The van der Waals surface area contributed by atoms with Crippen molar-refractivity contribution in [2.24, 2.45) is 5.92 Å². The molecule has 0 bridgehead atoms. The number of halogens is 1. The molecule has 0 radical (unpaired) electrons. The van der Waals surface area contributed by atoms with Gasteiger partial charge in [-0.2, -0.15) is 0 Å². The van der Waals surface area contributed by atoms with E-state index in [1.165, 1.54) is 18.2 Å². The van der Waals surface area contributed by atoms with Gasteiger partial charge >= 0.3 is 0 Å².